The van der Waals surface area contributed by atoms with Crippen molar-refractivity contribution in [3.05, 3.63) is 28.8 Å². The number of rotatable bonds is 3. The Morgan fingerprint density at radius 2 is 1.81 bits per heavy atom. The van der Waals surface area contributed by atoms with Crippen molar-refractivity contribution in [2.75, 3.05) is 12.9 Å². The zero-order valence-electron chi connectivity index (χ0n) is 14.6. The smallest absolute Gasteiger partial charge is 0.181 e. The van der Waals surface area contributed by atoms with Crippen LogP contribution in [0.3, 0.4) is 0 Å². The molecule has 1 fully saturated rings. The third-order valence-corrected chi connectivity index (χ3v) is 6.63. The summed E-state index contributed by atoms with van der Waals surface area (Å²) in [7, 11) is -2.13. The molecule has 1 aromatic rings. The molecule has 1 aliphatic heterocycles. The summed E-state index contributed by atoms with van der Waals surface area (Å²) >= 11 is 0. The van der Waals surface area contributed by atoms with E-state index in [0.29, 0.717) is 23.3 Å². The van der Waals surface area contributed by atoms with Crippen LogP contribution in [0.2, 0.25) is 0 Å². The fourth-order valence-electron chi connectivity index (χ4n) is 3.59. The van der Waals surface area contributed by atoms with E-state index in [1.165, 1.54) is 19.2 Å². The van der Waals surface area contributed by atoms with Crippen LogP contribution in [0.15, 0.2) is 22.2 Å². The van der Waals surface area contributed by atoms with Gasteiger partial charge in [-0.2, -0.15) is 0 Å². The van der Waals surface area contributed by atoms with Gasteiger partial charge in [-0.25, -0.2) is 8.42 Å². The Morgan fingerprint density at radius 1 is 1.15 bits per heavy atom. The van der Waals surface area contributed by atoms with E-state index in [-0.39, 0.29) is 47.0 Å². The molecule has 0 unspecified atom stereocenters. The van der Waals surface area contributed by atoms with E-state index in [2.05, 4.69) is 5.16 Å². The van der Waals surface area contributed by atoms with Crippen LogP contribution in [0.5, 0.6) is 0 Å². The van der Waals surface area contributed by atoms with Crippen molar-refractivity contribution >= 4 is 32.9 Å². The molecule has 0 N–H and O–H groups in total. The lowest BCUT2D eigenvalue weighted by atomic mass is 9.80. The van der Waals surface area contributed by atoms with Crippen LogP contribution >= 0.6 is 0 Å². The van der Waals surface area contributed by atoms with Gasteiger partial charge in [-0.05, 0) is 31.0 Å². The van der Waals surface area contributed by atoms with Gasteiger partial charge in [-0.15, -0.1) is 0 Å². The molecular formula is C18H19NO6S. The van der Waals surface area contributed by atoms with E-state index in [4.69, 9.17) is 4.84 Å². The lowest BCUT2D eigenvalue weighted by Crippen LogP contribution is -2.36. The van der Waals surface area contributed by atoms with Gasteiger partial charge < -0.3 is 4.84 Å². The third-order valence-electron chi connectivity index (χ3n) is 4.88. The summed E-state index contributed by atoms with van der Waals surface area (Å²) < 4.78 is 24.7. The van der Waals surface area contributed by atoms with Gasteiger partial charge in [0.15, 0.2) is 27.2 Å². The summed E-state index contributed by atoms with van der Waals surface area (Å²) in [6.45, 7) is 1.61. The average Bonchev–Trinajstić information content (AvgIpc) is 2.57. The lowest BCUT2D eigenvalue weighted by molar-refractivity contribution is -0.133. The van der Waals surface area contributed by atoms with E-state index in [0.717, 1.165) is 0 Å². The maximum Gasteiger partial charge on any atom is 0.181 e. The van der Waals surface area contributed by atoms with Crippen LogP contribution in [0.25, 0.3) is 0 Å². The molecule has 0 atom stereocenters. The topological polar surface area (TPSA) is 107 Å². The van der Waals surface area contributed by atoms with Crippen molar-refractivity contribution in [2.45, 2.75) is 37.5 Å². The summed E-state index contributed by atoms with van der Waals surface area (Å²) in [5, 5.41) is 3.90. The first-order valence-electron chi connectivity index (χ1n) is 8.34. The van der Waals surface area contributed by atoms with Crippen molar-refractivity contribution in [2.24, 2.45) is 11.1 Å². The first-order valence-corrected chi connectivity index (χ1v) is 9.99. The van der Waals surface area contributed by atoms with Crippen LogP contribution in [0, 0.1) is 12.8 Å². The molecule has 0 spiro atoms. The molecule has 26 heavy (non-hydrogen) atoms. The van der Waals surface area contributed by atoms with Gasteiger partial charge in [0.1, 0.15) is 13.0 Å². The van der Waals surface area contributed by atoms with Crippen molar-refractivity contribution in [3.8, 4) is 0 Å². The molecule has 2 aliphatic rings. The van der Waals surface area contributed by atoms with Crippen LogP contribution in [0.4, 0.5) is 0 Å². The quantitative estimate of drug-likeness (QED) is 0.450. The van der Waals surface area contributed by atoms with Crippen LogP contribution in [-0.4, -0.2) is 44.3 Å². The Balaban J connectivity index is 2.15. The Labute approximate surface area is 151 Å². The third kappa shape index (κ3) is 2.98. The highest BCUT2D eigenvalue weighted by molar-refractivity contribution is 7.91. The largest absolute Gasteiger partial charge is 0.399 e. The fraction of sp³-hybridized carbons (Fsp3) is 0.444. The molecule has 1 aliphatic carbocycles. The molecule has 8 heteroatoms. The molecule has 1 aromatic carbocycles. The van der Waals surface area contributed by atoms with Crippen molar-refractivity contribution in [1.29, 1.82) is 0 Å². The highest BCUT2D eigenvalue weighted by Crippen LogP contribution is 2.32. The number of Topliss-reactive ketones (excluding diaryl/α,β-unsaturated/α-hetero) is 3. The molecule has 1 saturated carbocycles. The van der Waals surface area contributed by atoms with Gasteiger partial charge in [0.2, 0.25) is 0 Å². The van der Waals surface area contributed by atoms with Gasteiger partial charge in [0, 0.05) is 30.4 Å². The first-order chi connectivity index (χ1) is 12.3. The molecule has 0 amide bonds. The number of fused-ring (bicyclic) bond motifs is 1. The second kappa shape index (κ2) is 6.75. The molecule has 7 nitrogen and oxygen atoms in total. The highest BCUT2D eigenvalue weighted by atomic mass is 32.2. The summed E-state index contributed by atoms with van der Waals surface area (Å²) in [5.41, 5.74) is 1.35. The van der Waals surface area contributed by atoms with Crippen molar-refractivity contribution < 1.29 is 27.6 Å². The van der Waals surface area contributed by atoms with Crippen LogP contribution in [0.1, 0.15) is 47.2 Å². The normalized spacial score (nSPS) is 21.5. The first kappa shape index (κ1) is 18.4. The molecule has 0 aromatic heterocycles. The SMILES string of the molecule is CO/N=C1\CCS(=O)(=O)c2ccc(C(=O)C3C(=O)CCCC3=O)c(C)c21. The zero-order valence-corrected chi connectivity index (χ0v) is 15.4. The number of benzene rings is 1. The number of nitrogens with zero attached hydrogens (tertiary/aromatic N) is 1. The number of carbonyl (C=O) groups is 3. The monoisotopic (exact) mass is 377 g/mol. The minimum Gasteiger partial charge on any atom is -0.399 e. The predicted octanol–water partition coefficient (Wildman–Crippen LogP) is 1.64. The summed E-state index contributed by atoms with van der Waals surface area (Å²) in [6, 6.07) is 2.74. The molecule has 1 heterocycles. The Kier molecular flexibility index (Phi) is 4.79. The van der Waals surface area contributed by atoms with Crippen molar-refractivity contribution in [3.63, 3.8) is 0 Å². The van der Waals surface area contributed by atoms with Gasteiger partial charge >= 0.3 is 0 Å². The van der Waals surface area contributed by atoms with Crippen LogP contribution < -0.4 is 0 Å². The molecule has 138 valence electrons. The molecule has 0 saturated heterocycles. The number of hydrogen-bond acceptors (Lipinski definition) is 7. The second-order valence-electron chi connectivity index (χ2n) is 6.48. The fourth-order valence-corrected chi connectivity index (χ4v) is 5.13. The lowest BCUT2D eigenvalue weighted by Gasteiger charge is -2.23. The number of carbonyl (C=O) groups excluding carboxylic acids is 3. The maximum atomic E-state index is 12.9. The number of oxime groups is 1. The Bertz CT molecular complexity index is 929. The van der Waals surface area contributed by atoms with Gasteiger partial charge in [0.25, 0.3) is 0 Å². The number of sulfone groups is 1. The molecule has 3 rings (SSSR count). The number of hydrogen-bond donors (Lipinski definition) is 0. The summed E-state index contributed by atoms with van der Waals surface area (Å²) in [5.74, 6) is -2.69. The zero-order chi connectivity index (χ0) is 19.1. The van der Waals surface area contributed by atoms with E-state index in [9.17, 15) is 22.8 Å². The highest BCUT2D eigenvalue weighted by Gasteiger charge is 2.38. The predicted molar refractivity (Wildman–Crippen MR) is 93.1 cm³/mol. The number of ketones is 3. The van der Waals surface area contributed by atoms with Gasteiger partial charge in [-0.3, -0.25) is 14.4 Å². The second-order valence-corrected chi connectivity index (χ2v) is 8.56. The average molecular weight is 377 g/mol. The Hall–Kier alpha value is -2.35. The summed E-state index contributed by atoms with van der Waals surface area (Å²) in [4.78, 5) is 42.0. The standard InChI is InChI=1S/C18H19NO6S/c1-10-11(18(22)17-13(20)4-3-5-14(17)21)6-7-15-16(10)12(19-25-2)8-9-26(15,23)24/h6-7,17H,3-5,8-9H2,1-2H3/b19-12+. The molecule has 0 radical (unpaired) electrons. The van der Waals surface area contributed by atoms with Crippen LogP contribution in [-0.2, 0) is 24.3 Å². The minimum absolute atomic E-state index is 0.0888. The van der Waals surface area contributed by atoms with E-state index >= 15 is 0 Å². The van der Waals surface area contributed by atoms with E-state index < -0.39 is 21.5 Å². The molecular weight excluding hydrogens is 358 g/mol. The maximum absolute atomic E-state index is 12.9. The van der Waals surface area contributed by atoms with Gasteiger partial charge in [-0.1, -0.05) is 5.16 Å². The summed E-state index contributed by atoms with van der Waals surface area (Å²) in [6.07, 6.45) is 1.05. The van der Waals surface area contributed by atoms with Crippen molar-refractivity contribution in [1.82, 2.24) is 0 Å². The Morgan fingerprint density at radius 3 is 2.42 bits per heavy atom. The van der Waals surface area contributed by atoms with Gasteiger partial charge in [0.05, 0.1) is 16.4 Å². The molecule has 0 bridgehead atoms. The minimum atomic E-state index is -3.49. The van der Waals surface area contributed by atoms with E-state index in [1.54, 1.807) is 6.92 Å². The van der Waals surface area contributed by atoms with E-state index in [1.807, 2.05) is 0 Å².